The number of benzene rings is 1. The number of halogens is 1. The van der Waals surface area contributed by atoms with E-state index in [0.29, 0.717) is 24.1 Å². The third-order valence-electron chi connectivity index (χ3n) is 6.15. The van der Waals surface area contributed by atoms with Gasteiger partial charge in [0, 0.05) is 39.3 Å². The molecule has 0 saturated carbocycles. The molecule has 2 aromatic rings. The molecule has 0 saturated heterocycles. The largest absolute Gasteiger partial charge is 0.364 e. The number of rotatable bonds is 12. The minimum Gasteiger partial charge on any atom is -0.364 e. The van der Waals surface area contributed by atoms with E-state index in [-0.39, 0.29) is 5.82 Å². The molecule has 34 heavy (non-hydrogen) atoms. The molecule has 1 aliphatic heterocycles. The molecular weight excluding hydrogens is 425 g/mol. The highest BCUT2D eigenvalue weighted by Gasteiger charge is 2.19. The Bertz CT molecular complexity index is 855. The van der Waals surface area contributed by atoms with E-state index in [4.69, 9.17) is 0 Å². The molecule has 1 aromatic carbocycles. The molecular formula is C28H44FN5. The fourth-order valence-corrected chi connectivity index (χ4v) is 4.19. The van der Waals surface area contributed by atoms with Gasteiger partial charge in [0.1, 0.15) is 6.33 Å². The fourth-order valence-electron chi connectivity index (χ4n) is 4.19. The predicted molar refractivity (Wildman–Crippen MR) is 143 cm³/mol. The Hall–Kier alpha value is -2.47. The first-order valence-electron chi connectivity index (χ1n) is 13.0. The summed E-state index contributed by atoms with van der Waals surface area (Å²) in [5.41, 5.74) is 2.64. The second kappa shape index (κ2) is 15.4. The summed E-state index contributed by atoms with van der Waals surface area (Å²) in [6.45, 7) is 15.5. The number of aromatic nitrogens is 2. The Morgan fingerprint density at radius 1 is 1.15 bits per heavy atom. The van der Waals surface area contributed by atoms with Crippen LogP contribution in [0.4, 0.5) is 16.0 Å². The van der Waals surface area contributed by atoms with Gasteiger partial charge in [-0.15, -0.1) is 0 Å². The van der Waals surface area contributed by atoms with E-state index < -0.39 is 0 Å². The van der Waals surface area contributed by atoms with E-state index in [1.807, 2.05) is 24.8 Å². The Balaban J connectivity index is 0.00000199. The van der Waals surface area contributed by atoms with Crippen molar-refractivity contribution < 1.29 is 4.39 Å². The predicted octanol–water partition coefficient (Wildman–Crippen LogP) is 6.54. The number of unbranched alkanes of at least 4 members (excludes halogenated alkanes) is 1. The van der Waals surface area contributed by atoms with E-state index in [1.54, 1.807) is 0 Å². The lowest BCUT2D eigenvalue weighted by Gasteiger charge is -2.27. The summed E-state index contributed by atoms with van der Waals surface area (Å²) in [6.07, 6.45) is 8.25. The Morgan fingerprint density at radius 3 is 2.56 bits per heavy atom. The molecule has 3 rings (SSSR count). The number of nitrogens with zero attached hydrogens (tertiary/aromatic N) is 4. The van der Waals surface area contributed by atoms with Gasteiger partial charge in [0.2, 0.25) is 5.82 Å². The molecule has 1 aromatic heterocycles. The molecule has 0 bridgehead atoms. The van der Waals surface area contributed by atoms with Gasteiger partial charge in [0.15, 0.2) is 11.6 Å². The standard InChI is InChI=1S/C26H38FN5.C2H6/c1-4-6-10-21(3)18-32(5-2)26-24(27)25(29-20-30-26)28-17-22-13-15-31(16-14-22)19-23-11-8-7-9-12-23;1-2/h7-9,11-13,20-21H,4-6,10,14-19H2,1-3H3,(H,28,29,30);1-2H3. The van der Waals surface area contributed by atoms with Crippen molar-refractivity contribution in [2.45, 2.75) is 66.8 Å². The minimum atomic E-state index is -0.348. The first-order valence-corrected chi connectivity index (χ1v) is 13.0. The van der Waals surface area contributed by atoms with Crippen molar-refractivity contribution in [2.24, 2.45) is 5.92 Å². The molecule has 0 fully saturated rings. The Labute approximate surface area is 206 Å². The molecule has 0 spiro atoms. The molecule has 1 unspecified atom stereocenters. The van der Waals surface area contributed by atoms with Crippen LogP contribution in [0.5, 0.6) is 0 Å². The van der Waals surface area contributed by atoms with Crippen LogP contribution in [0.15, 0.2) is 48.3 Å². The van der Waals surface area contributed by atoms with Crippen LogP contribution >= 0.6 is 0 Å². The van der Waals surface area contributed by atoms with Crippen molar-refractivity contribution in [1.29, 1.82) is 0 Å². The molecule has 0 aliphatic carbocycles. The van der Waals surface area contributed by atoms with Gasteiger partial charge in [-0.3, -0.25) is 4.90 Å². The first kappa shape index (κ1) is 27.8. The summed E-state index contributed by atoms with van der Waals surface area (Å²) < 4.78 is 15.2. The zero-order valence-corrected chi connectivity index (χ0v) is 21.9. The van der Waals surface area contributed by atoms with Crippen molar-refractivity contribution >= 4 is 11.6 Å². The van der Waals surface area contributed by atoms with Gasteiger partial charge in [0.25, 0.3) is 0 Å². The van der Waals surface area contributed by atoms with Gasteiger partial charge in [-0.2, -0.15) is 4.39 Å². The molecule has 2 heterocycles. The minimum absolute atomic E-state index is 0.294. The van der Waals surface area contributed by atoms with Crippen LogP contribution in [0.2, 0.25) is 0 Å². The number of anilines is 2. The van der Waals surface area contributed by atoms with Crippen LogP contribution in [0.25, 0.3) is 0 Å². The maximum Gasteiger partial charge on any atom is 0.207 e. The lowest BCUT2D eigenvalue weighted by molar-refractivity contribution is 0.285. The number of hydrogen-bond donors (Lipinski definition) is 1. The summed E-state index contributed by atoms with van der Waals surface area (Å²) in [7, 11) is 0. The van der Waals surface area contributed by atoms with Crippen molar-refractivity contribution in [3.05, 3.63) is 59.7 Å². The lowest BCUT2D eigenvalue weighted by atomic mass is 10.0. The third-order valence-corrected chi connectivity index (χ3v) is 6.15. The average Bonchev–Trinajstić information content (AvgIpc) is 2.88. The summed E-state index contributed by atoms with van der Waals surface area (Å²) in [5, 5.41) is 3.21. The molecule has 1 N–H and O–H groups in total. The van der Waals surface area contributed by atoms with Crippen molar-refractivity contribution in [3.63, 3.8) is 0 Å². The van der Waals surface area contributed by atoms with Gasteiger partial charge in [-0.05, 0) is 31.2 Å². The molecule has 1 aliphatic rings. The number of hydrogen-bond acceptors (Lipinski definition) is 5. The first-order chi connectivity index (χ1) is 16.6. The van der Waals surface area contributed by atoms with Crippen LogP contribution in [0.3, 0.4) is 0 Å². The monoisotopic (exact) mass is 469 g/mol. The zero-order valence-electron chi connectivity index (χ0n) is 21.9. The smallest absolute Gasteiger partial charge is 0.207 e. The van der Waals surface area contributed by atoms with Crippen molar-refractivity contribution in [2.75, 3.05) is 42.9 Å². The van der Waals surface area contributed by atoms with Crippen LogP contribution < -0.4 is 10.2 Å². The second-order valence-corrected chi connectivity index (χ2v) is 8.83. The molecule has 5 nitrogen and oxygen atoms in total. The van der Waals surface area contributed by atoms with Gasteiger partial charge in [-0.1, -0.05) is 82.5 Å². The van der Waals surface area contributed by atoms with Crippen LogP contribution in [-0.2, 0) is 6.54 Å². The van der Waals surface area contributed by atoms with Gasteiger partial charge in [0.05, 0.1) is 0 Å². The average molecular weight is 470 g/mol. The van der Waals surface area contributed by atoms with Crippen molar-refractivity contribution in [3.8, 4) is 0 Å². The SMILES string of the molecule is CC.CCCCC(C)CN(CC)c1ncnc(NCC2=CCN(Cc3ccccc3)CC2)c1F. The topological polar surface area (TPSA) is 44.3 Å². The van der Waals surface area contributed by atoms with Crippen molar-refractivity contribution in [1.82, 2.24) is 14.9 Å². The lowest BCUT2D eigenvalue weighted by Crippen LogP contribution is -2.31. The zero-order chi connectivity index (χ0) is 24.8. The maximum absolute atomic E-state index is 15.2. The molecule has 0 radical (unpaired) electrons. The molecule has 1 atom stereocenters. The van der Waals surface area contributed by atoms with E-state index >= 15 is 4.39 Å². The fraction of sp³-hybridized carbons (Fsp3) is 0.571. The highest BCUT2D eigenvalue weighted by molar-refractivity contribution is 5.51. The van der Waals surface area contributed by atoms with E-state index in [9.17, 15) is 0 Å². The summed E-state index contributed by atoms with van der Waals surface area (Å²) in [4.78, 5) is 12.9. The highest BCUT2D eigenvalue weighted by atomic mass is 19.1. The highest BCUT2D eigenvalue weighted by Crippen LogP contribution is 2.24. The summed E-state index contributed by atoms with van der Waals surface area (Å²) in [6, 6.07) is 10.6. The third kappa shape index (κ3) is 8.71. The van der Waals surface area contributed by atoms with Gasteiger partial charge in [-0.25, -0.2) is 9.97 Å². The summed E-state index contributed by atoms with van der Waals surface area (Å²) in [5.74, 6) is 0.855. The van der Waals surface area contributed by atoms with E-state index in [1.165, 1.54) is 30.3 Å². The normalized spacial score (nSPS) is 14.6. The number of nitrogens with one attached hydrogen (secondary N) is 1. The molecule has 0 amide bonds. The molecule has 6 heteroatoms. The summed E-state index contributed by atoms with van der Waals surface area (Å²) >= 11 is 0. The van der Waals surface area contributed by atoms with Gasteiger partial charge < -0.3 is 10.2 Å². The van der Waals surface area contributed by atoms with Gasteiger partial charge >= 0.3 is 0 Å². The van der Waals surface area contributed by atoms with Crippen LogP contribution in [0, 0.1) is 11.7 Å². The maximum atomic E-state index is 15.2. The van der Waals surface area contributed by atoms with Crippen LogP contribution in [0.1, 0.15) is 65.9 Å². The van der Waals surface area contributed by atoms with E-state index in [0.717, 1.165) is 45.6 Å². The second-order valence-electron chi connectivity index (χ2n) is 8.83. The van der Waals surface area contributed by atoms with Crippen LogP contribution in [-0.4, -0.2) is 47.6 Å². The molecule has 188 valence electrons. The van der Waals surface area contributed by atoms with E-state index in [2.05, 4.69) is 71.3 Å². The Kier molecular flexibility index (Phi) is 12.6. The quantitative estimate of drug-likeness (QED) is 0.358. The Morgan fingerprint density at radius 2 is 1.91 bits per heavy atom.